The number of benzene rings is 1. The number of pyridine rings is 1. The second-order valence-electron chi connectivity index (χ2n) is 5.86. The second kappa shape index (κ2) is 6.72. The van der Waals surface area contributed by atoms with E-state index in [9.17, 15) is 10.3 Å². The van der Waals surface area contributed by atoms with Crippen molar-refractivity contribution in [1.29, 1.82) is 5.26 Å². The number of hydrogen-bond acceptors (Lipinski definition) is 7. The summed E-state index contributed by atoms with van der Waals surface area (Å²) in [5, 5.41) is 19.0. The molecule has 1 aromatic heterocycles. The van der Waals surface area contributed by atoms with Crippen LogP contribution in [-0.4, -0.2) is 43.4 Å². The van der Waals surface area contributed by atoms with Crippen LogP contribution in [0, 0.1) is 11.3 Å². The first-order valence-electron chi connectivity index (χ1n) is 8.09. The lowest BCUT2D eigenvalue weighted by atomic mass is 9.80. The van der Waals surface area contributed by atoms with Gasteiger partial charge >= 0.3 is 7.12 Å². The quantitative estimate of drug-likeness (QED) is 0.829. The van der Waals surface area contributed by atoms with Gasteiger partial charge in [0.2, 0.25) is 5.88 Å². The summed E-state index contributed by atoms with van der Waals surface area (Å²) in [6.45, 7) is 2.97. The summed E-state index contributed by atoms with van der Waals surface area (Å²) in [6, 6.07) is 11.0. The Balaban J connectivity index is 1.60. The van der Waals surface area contributed by atoms with Crippen molar-refractivity contribution in [3.8, 4) is 17.7 Å². The minimum absolute atomic E-state index is 0.355. The largest absolute Gasteiger partial charge is 0.491 e. The predicted octanol–water partition coefficient (Wildman–Crippen LogP) is 0.800. The number of nitrogens with zero attached hydrogens (tertiary/aromatic N) is 3. The molecule has 2 aliphatic rings. The smallest absolute Gasteiger partial charge is 0.439 e. The molecular weight excluding hydrogens is 321 g/mol. The fourth-order valence-electron chi connectivity index (χ4n) is 2.98. The van der Waals surface area contributed by atoms with Gasteiger partial charge in [0.15, 0.2) is 5.82 Å². The van der Waals surface area contributed by atoms with Gasteiger partial charge in [-0.1, -0.05) is 6.07 Å². The number of nitriles is 1. The maximum Gasteiger partial charge on any atom is 0.491 e. The topological polar surface area (TPSA) is 87.8 Å². The van der Waals surface area contributed by atoms with Gasteiger partial charge in [-0.2, -0.15) is 10.2 Å². The molecule has 7 nitrogen and oxygen atoms in total. The van der Waals surface area contributed by atoms with Crippen LogP contribution in [0.3, 0.4) is 0 Å². The maximum absolute atomic E-state index is 9.68. The van der Waals surface area contributed by atoms with Gasteiger partial charge in [-0.15, -0.1) is 0 Å². The summed E-state index contributed by atoms with van der Waals surface area (Å²) >= 11 is 0. The van der Waals surface area contributed by atoms with Crippen LogP contribution in [0.25, 0.3) is 0 Å². The molecule has 1 fully saturated rings. The Kier molecular flexibility index (Phi) is 4.28. The van der Waals surface area contributed by atoms with E-state index in [1.165, 1.54) is 0 Å². The Bertz CT molecular complexity index is 833. The zero-order chi connectivity index (χ0) is 17.2. The van der Waals surface area contributed by atoms with E-state index in [1.54, 1.807) is 24.3 Å². The summed E-state index contributed by atoms with van der Waals surface area (Å²) in [5.74, 6) is 1.64. The monoisotopic (exact) mass is 337 g/mol. The van der Waals surface area contributed by atoms with Crippen LogP contribution in [0.2, 0.25) is 0 Å². The second-order valence-corrected chi connectivity index (χ2v) is 5.86. The van der Waals surface area contributed by atoms with Crippen LogP contribution in [-0.2, 0) is 16.0 Å². The van der Waals surface area contributed by atoms with Crippen LogP contribution in [0.5, 0.6) is 11.6 Å². The lowest BCUT2D eigenvalue weighted by molar-refractivity contribution is 0.122. The Hall–Kier alpha value is -2.60. The first-order valence-corrected chi connectivity index (χ1v) is 8.09. The number of hydrogen-bond donors (Lipinski definition) is 1. The van der Waals surface area contributed by atoms with Gasteiger partial charge < -0.3 is 24.1 Å². The van der Waals surface area contributed by atoms with E-state index in [1.807, 2.05) is 11.0 Å². The first kappa shape index (κ1) is 15.9. The van der Waals surface area contributed by atoms with Gasteiger partial charge in [-0.25, -0.2) is 0 Å². The molecule has 0 bridgehead atoms. The molecule has 0 unspecified atom stereocenters. The minimum atomic E-state index is -0.870. The summed E-state index contributed by atoms with van der Waals surface area (Å²) in [7, 11) is -0.870. The molecule has 0 atom stereocenters. The highest BCUT2D eigenvalue weighted by molar-refractivity contribution is 6.61. The van der Waals surface area contributed by atoms with Crippen LogP contribution >= 0.6 is 0 Å². The van der Waals surface area contributed by atoms with Crippen LogP contribution in [0.4, 0.5) is 5.82 Å². The Morgan fingerprint density at radius 3 is 2.88 bits per heavy atom. The van der Waals surface area contributed by atoms with Crippen molar-refractivity contribution < 1.29 is 19.2 Å². The van der Waals surface area contributed by atoms with E-state index < -0.39 is 7.12 Å². The van der Waals surface area contributed by atoms with Crippen molar-refractivity contribution in [1.82, 2.24) is 4.98 Å². The molecule has 126 valence electrons. The van der Waals surface area contributed by atoms with E-state index in [-0.39, 0.29) is 0 Å². The van der Waals surface area contributed by atoms with Gasteiger partial charge in [0.1, 0.15) is 11.8 Å². The highest BCUT2D eigenvalue weighted by Gasteiger charge is 2.27. The molecule has 0 radical (unpaired) electrons. The fraction of sp³-hybridized carbons (Fsp3) is 0.294. The van der Waals surface area contributed by atoms with Gasteiger partial charge in [0.25, 0.3) is 0 Å². The van der Waals surface area contributed by atoms with Crippen molar-refractivity contribution in [3.63, 3.8) is 0 Å². The number of rotatable bonds is 3. The van der Waals surface area contributed by atoms with E-state index in [4.69, 9.17) is 14.1 Å². The summed E-state index contributed by atoms with van der Waals surface area (Å²) in [6.07, 6.45) is 0. The molecule has 2 aliphatic heterocycles. The van der Waals surface area contributed by atoms with Gasteiger partial charge in [0, 0.05) is 19.2 Å². The van der Waals surface area contributed by atoms with E-state index >= 15 is 0 Å². The minimum Gasteiger partial charge on any atom is -0.439 e. The molecular formula is C17H16BN3O4. The standard InChI is InChI=1S/C17H16BN3O4/c19-10-12-1-4-16(20-17(12)21-5-7-23-8-6-21)25-14-2-3-15-13(9-14)11-24-18(15)22/h1-4,9,22H,5-8,11H2. The molecule has 1 aromatic carbocycles. The lowest BCUT2D eigenvalue weighted by Crippen LogP contribution is -2.37. The van der Waals surface area contributed by atoms with Crippen LogP contribution in [0.1, 0.15) is 11.1 Å². The molecule has 1 N–H and O–H groups in total. The SMILES string of the molecule is N#Cc1ccc(Oc2ccc3c(c2)COB3O)nc1N1CCOCC1. The predicted molar refractivity (Wildman–Crippen MR) is 90.9 cm³/mol. The molecule has 0 aliphatic carbocycles. The third-order valence-electron chi connectivity index (χ3n) is 4.28. The number of anilines is 1. The first-order chi connectivity index (χ1) is 12.2. The van der Waals surface area contributed by atoms with Gasteiger partial charge in [-0.05, 0) is 29.2 Å². The number of fused-ring (bicyclic) bond motifs is 1. The molecule has 3 heterocycles. The normalized spacial score (nSPS) is 16.5. The molecule has 1 saturated heterocycles. The number of ether oxygens (including phenoxy) is 2. The lowest BCUT2D eigenvalue weighted by Gasteiger charge is -2.28. The Morgan fingerprint density at radius 2 is 2.08 bits per heavy atom. The van der Waals surface area contributed by atoms with Crippen molar-refractivity contribution in [2.24, 2.45) is 0 Å². The van der Waals surface area contributed by atoms with Crippen molar-refractivity contribution in [3.05, 3.63) is 41.5 Å². The third kappa shape index (κ3) is 3.17. The summed E-state index contributed by atoms with van der Waals surface area (Å²) < 4.78 is 16.4. The molecule has 0 spiro atoms. The highest BCUT2D eigenvalue weighted by atomic mass is 16.5. The highest BCUT2D eigenvalue weighted by Crippen LogP contribution is 2.26. The Labute approximate surface area is 145 Å². The van der Waals surface area contributed by atoms with Crippen LogP contribution in [0.15, 0.2) is 30.3 Å². The van der Waals surface area contributed by atoms with E-state index in [2.05, 4.69) is 11.1 Å². The molecule has 25 heavy (non-hydrogen) atoms. The van der Waals surface area contributed by atoms with Crippen molar-refractivity contribution in [2.45, 2.75) is 6.61 Å². The average Bonchev–Trinajstić information content (AvgIpc) is 3.03. The third-order valence-corrected chi connectivity index (χ3v) is 4.28. The van der Waals surface area contributed by atoms with Gasteiger partial charge in [-0.3, -0.25) is 0 Å². The van der Waals surface area contributed by atoms with E-state index in [0.29, 0.717) is 55.9 Å². The van der Waals surface area contributed by atoms with Crippen molar-refractivity contribution >= 4 is 18.4 Å². The number of morpholine rings is 1. The van der Waals surface area contributed by atoms with Gasteiger partial charge in [0.05, 0.1) is 25.4 Å². The summed E-state index contributed by atoms with van der Waals surface area (Å²) in [4.78, 5) is 6.55. The Morgan fingerprint density at radius 1 is 1.24 bits per heavy atom. The van der Waals surface area contributed by atoms with E-state index in [0.717, 1.165) is 11.0 Å². The number of aromatic nitrogens is 1. The molecule has 0 amide bonds. The molecule has 0 saturated carbocycles. The molecule has 2 aromatic rings. The van der Waals surface area contributed by atoms with Crippen molar-refractivity contribution in [2.75, 3.05) is 31.2 Å². The fourth-order valence-corrected chi connectivity index (χ4v) is 2.98. The van der Waals surface area contributed by atoms with Crippen LogP contribution < -0.4 is 15.1 Å². The zero-order valence-corrected chi connectivity index (χ0v) is 13.5. The molecule has 8 heteroatoms. The zero-order valence-electron chi connectivity index (χ0n) is 13.5. The average molecular weight is 337 g/mol. The molecule has 4 rings (SSSR count). The summed E-state index contributed by atoms with van der Waals surface area (Å²) in [5.41, 5.74) is 2.17. The maximum atomic E-state index is 9.68.